The second-order valence-electron chi connectivity index (χ2n) is 4.32. The van der Waals surface area contributed by atoms with Gasteiger partial charge in [-0.1, -0.05) is 28.1 Å². The number of hydrogen-bond acceptors (Lipinski definition) is 2. The maximum atomic E-state index is 5.75. The Labute approximate surface area is 120 Å². The van der Waals surface area contributed by atoms with Gasteiger partial charge >= 0.3 is 0 Å². The quantitative estimate of drug-likeness (QED) is 0.732. The van der Waals surface area contributed by atoms with E-state index in [2.05, 4.69) is 31.5 Å². The molecule has 0 atom stereocenters. The molecule has 3 rings (SSSR count). The van der Waals surface area contributed by atoms with Crippen LogP contribution in [0.25, 0.3) is 11.0 Å². The molecule has 1 aromatic heterocycles. The lowest BCUT2D eigenvalue weighted by molar-refractivity contribution is 0.292. The van der Waals surface area contributed by atoms with Crippen molar-refractivity contribution in [2.75, 3.05) is 0 Å². The highest BCUT2D eigenvalue weighted by atomic mass is 79.9. The average Bonchev–Trinajstić information content (AvgIpc) is 2.76. The Kier molecular flexibility index (Phi) is 3.25. The molecule has 0 saturated heterocycles. The van der Waals surface area contributed by atoms with Crippen LogP contribution in [0.1, 0.15) is 5.82 Å². The van der Waals surface area contributed by atoms with E-state index in [1.54, 1.807) is 0 Å². The van der Waals surface area contributed by atoms with Crippen LogP contribution in [-0.4, -0.2) is 9.55 Å². The first kappa shape index (κ1) is 12.2. The Bertz CT molecular complexity index is 704. The third-order valence-electron chi connectivity index (χ3n) is 3.06. The molecule has 0 aliphatic rings. The smallest absolute Gasteiger partial charge is 0.147 e. The molecule has 0 fully saturated rings. The normalized spacial score (nSPS) is 10.8. The zero-order valence-electron chi connectivity index (χ0n) is 10.5. The molecule has 96 valence electrons. The molecule has 1 heterocycles. The fraction of sp³-hybridized carbons (Fsp3) is 0.133. The van der Waals surface area contributed by atoms with Gasteiger partial charge in [0.25, 0.3) is 0 Å². The van der Waals surface area contributed by atoms with Crippen LogP contribution >= 0.6 is 15.9 Å². The highest BCUT2D eigenvalue weighted by Gasteiger charge is 2.07. The fourth-order valence-corrected chi connectivity index (χ4v) is 2.27. The second-order valence-corrected chi connectivity index (χ2v) is 5.23. The average molecular weight is 317 g/mol. The van der Waals surface area contributed by atoms with Crippen molar-refractivity contribution in [3.63, 3.8) is 0 Å². The van der Waals surface area contributed by atoms with Crippen LogP contribution in [0, 0.1) is 0 Å². The monoisotopic (exact) mass is 316 g/mol. The van der Waals surface area contributed by atoms with Crippen LogP contribution in [0.15, 0.2) is 53.0 Å². The van der Waals surface area contributed by atoms with Crippen LogP contribution in [0.5, 0.6) is 5.75 Å². The number of hydrogen-bond donors (Lipinski definition) is 0. The van der Waals surface area contributed by atoms with Crippen LogP contribution in [0.2, 0.25) is 0 Å². The van der Waals surface area contributed by atoms with E-state index in [4.69, 9.17) is 4.74 Å². The molecule has 3 nitrogen and oxygen atoms in total. The van der Waals surface area contributed by atoms with Gasteiger partial charge in [-0.15, -0.1) is 0 Å². The molecule has 3 aromatic rings. The van der Waals surface area contributed by atoms with Crippen molar-refractivity contribution in [3.05, 3.63) is 58.8 Å². The number of halogens is 1. The lowest BCUT2D eigenvalue weighted by Crippen LogP contribution is -2.03. The molecule has 0 spiro atoms. The summed E-state index contributed by atoms with van der Waals surface area (Å²) in [5.41, 5.74) is 2.12. The number of nitrogens with zero attached hydrogens (tertiary/aromatic N) is 2. The summed E-state index contributed by atoms with van der Waals surface area (Å²) >= 11 is 3.40. The number of aromatic nitrogens is 2. The van der Waals surface area contributed by atoms with Gasteiger partial charge in [0.1, 0.15) is 18.2 Å². The molecule has 0 saturated carbocycles. The van der Waals surface area contributed by atoms with E-state index in [0.717, 1.165) is 27.1 Å². The summed E-state index contributed by atoms with van der Waals surface area (Å²) < 4.78 is 8.86. The van der Waals surface area contributed by atoms with Crippen molar-refractivity contribution in [3.8, 4) is 5.75 Å². The van der Waals surface area contributed by atoms with Crippen molar-refractivity contribution in [1.82, 2.24) is 9.55 Å². The first-order valence-electron chi connectivity index (χ1n) is 6.03. The SMILES string of the molecule is Cn1c(COc2ccc(Br)cc2)nc2ccccc21. The highest BCUT2D eigenvalue weighted by Crippen LogP contribution is 2.19. The van der Waals surface area contributed by atoms with Crippen molar-refractivity contribution in [2.24, 2.45) is 7.05 Å². The number of rotatable bonds is 3. The standard InChI is InChI=1S/C15H13BrN2O/c1-18-14-5-3-2-4-13(14)17-15(18)10-19-12-8-6-11(16)7-9-12/h2-9H,10H2,1H3. The van der Waals surface area contributed by atoms with Crippen molar-refractivity contribution in [2.45, 2.75) is 6.61 Å². The summed E-state index contributed by atoms with van der Waals surface area (Å²) in [5.74, 6) is 1.76. The third-order valence-corrected chi connectivity index (χ3v) is 3.59. The fourth-order valence-electron chi connectivity index (χ4n) is 2.00. The van der Waals surface area contributed by atoms with Crippen molar-refractivity contribution in [1.29, 1.82) is 0 Å². The molecule has 4 heteroatoms. The Morgan fingerprint density at radius 1 is 1.11 bits per heavy atom. The van der Waals surface area contributed by atoms with Gasteiger partial charge in [0.2, 0.25) is 0 Å². The molecular weight excluding hydrogens is 304 g/mol. The number of ether oxygens (including phenoxy) is 1. The Balaban J connectivity index is 1.82. The number of para-hydroxylation sites is 2. The van der Waals surface area contributed by atoms with Crippen LogP contribution in [-0.2, 0) is 13.7 Å². The first-order valence-corrected chi connectivity index (χ1v) is 6.82. The number of imidazole rings is 1. The number of fused-ring (bicyclic) bond motifs is 1. The highest BCUT2D eigenvalue weighted by molar-refractivity contribution is 9.10. The summed E-state index contributed by atoms with van der Waals surface area (Å²) in [5, 5.41) is 0. The topological polar surface area (TPSA) is 27.1 Å². The van der Waals surface area contributed by atoms with Crippen LogP contribution < -0.4 is 4.74 Å². The molecule has 0 aliphatic carbocycles. The van der Waals surface area contributed by atoms with Gasteiger partial charge in [-0.05, 0) is 36.4 Å². The van der Waals surface area contributed by atoms with Gasteiger partial charge < -0.3 is 9.30 Å². The summed E-state index contributed by atoms with van der Waals surface area (Å²) in [6, 6.07) is 15.9. The first-order chi connectivity index (χ1) is 9.24. The van der Waals surface area contributed by atoms with E-state index in [0.29, 0.717) is 6.61 Å². The van der Waals surface area contributed by atoms with E-state index < -0.39 is 0 Å². The number of aryl methyl sites for hydroxylation is 1. The molecule has 0 amide bonds. The van der Waals surface area contributed by atoms with Gasteiger partial charge in [-0.3, -0.25) is 0 Å². The Morgan fingerprint density at radius 3 is 2.58 bits per heavy atom. The minimum absolute atomic E-state index is 0.465. The lowest BCUT2D eigenvalue weighted by atomic mass is 10.3. The summed E-state index contributed by atoms with van der Waals surface area (Å²) in [4.78, 5) is 4.57. The molecule has 2 aromatic carbocycles. The largest absolute Gasteiger partial charge is 0.486 e. The molecule has 19 heavy (non-hydrogen) atoms. The van der Waals surface area contributed by atoms with Gasteiger partial charge in [0, 0.05) is 11.5 Å². The van der Waals surface area contributed by atoms with Gasteiger partial charge in [0.15, 0.2) is 0 Å². The minimum atomic E-state index is 0.465. The zero-order valence-corrected chi connectivity index (χ0v) is 12.1. The lowest BCUT2D eigenvalue weighted by Gasteiger charge is -2.06. The van der Waals surface area contributed by atoms with E-state index in [1.807, 2.05) is 49.5 Å². The van der Waals surface area contributed by atoms with E-state index >= 15 is 0 Å². The minimum Gasteiger partial charge on any atom is -0.486 e. The predicted molar refractivity (Wildman–Crippen MR) is 79.2 cm³/mol. The molecule has 0 unspecified atom stereocenters. The summed E-state index contributed by atoms with van der Waals surface area (Å²) in [6.45, 7) is 0.465. The van der Waals surface area contributed by atoms with Gasteiger partial charge in [-0.25, -0.2) is 4.98 Å². The van der Waals surface area contributed by atoms with Gasteiger partial charge in [-0.2, -0.15) is 0 Å². The van der Waals surface area contributed by atoms with E-state index in [1.165, 1.54) is 0 Å². The molecule has 0 aliphatic heterocycles. The van der Waals surface area contributed by atoms with E-state index in [9.17, 15) is 0 Å². The Hall–Kier alpha value is -1.81. The third kappa shape index (κ3) is 2.49. The molecule has 0 radical (unpaired) electrons. The summed E-state index contributed by atoms with van der Waals surface area (Å²) in [7, 11) is 2.01. The zero-order chi connectivity index (χ0) is 13.2. The maximum Gasteiger partial charge on any atom is 0.147 e. The molecule has 0 N–H and O–H groups in total. The van der Waals surface area contributed by atoms with Crippen LogP contribution in [0.4, 0.5) is 0 Å². The van der Waals surface area contributed by atoms with E-state index in [-0.39, 0.29) is 0 Å². The molecule has 0 bridgehead atoms. The molecular formula is C15H13BrN2O. The summed E-state index contributed by atoms with van der Waals surface area (Å²) in [6.07, 6.45) is 0. The Morgan fingerprint density at radius 2 is 1.84 bits per heavy atom. The van der Waals surface area contributed by atoms with Crippen molar-refractivity contribution < 1.29 is 4.74 Å². The second kappa shape index (κ2) is 5.05. The maximum absolute atomic E-state index is 5.75. The van der Waals surface area contributed by atoms with Crippen LogP contribution in [0.3, 0.4) is 0 Å². The van der Waals surface area contributed by atoms with Gasteiger partial charge in [0.05, 0.1) is 11.0 Å². The predicted octanol–water partition coefficient (Wildman–Crippen LogP) is 3.91. The van der Waals surface area contributed by atoms with Crippen molar-refractivity contribution >= 4 is 27.0 Å². The number of benzene rings is 2.